The number of hydrogen-bond acceptors (Lipinski definition) is 0. The molecule has 5 aromatic rings. The average Bonchev–Trinajstić information content (AvgIpc) is 2.74. The second-order valence-corrected chi connectivity index (χ2v) is 7.11. The van der Waals surface area contributed by atoms with Gasteiger partial charge < -0.3 is 0 Å². The third-order valence-corrected chi connectivity index (χ3v) is 5.32. The third kappa shape index (κ3) is 2.71. The summed E-state index contributed by atoms with van der Waals surface area (Å²) in [6.45, 7) is 2.16. The van der Waals surface area contributed by atoms with Gasteiger partial charge in [0.25, 0.3) is 0 Å². The summed E-state index contributed by atoms with van der Waals surface area (Å²) in [6, 6.07) is 37.2. The maximum Gasteiger partial charge on any atom is -0.00928 e. The molecule has 0 bridgehead atoms. The lowest BCUT2D eigenvalue weighted by Gasteiger charge is -2.15. The molecular weight excluding hydrogens is 324 g/mol. The predicted octanol–water partition coefficient (Wildman–Crippen LogP) is 7.64. The van der Waals surface area contributed by atoms with Gasteiger partial charge in [0.2, 0.25) is 0 Å². The molecule has 0 heteroatoms. The first-order valence-electron chi connectivity index (χ1n) is 9.38. The Morgan fingerprint density at radius 3 is 1.93 bits per heavy atom. The molecule has 0 saturated heterocycles. The fraction of sp³-hybridized carbons (Fsp3) is 0.0370. The van der Waals surface area contributed by atoms with Crippen molar-refractivity contribution < 1.29 is 0 Å². The van der Waals surface area contributed by atoms with Crippen LogP contribution >= 0.6 is 0 Å². The van der Waals surface area contributed by atoms with Crippen molar-refractivity contribution in [3.63, 3.8) is 0 Å². The molecule has 0 atom stereocenters. The molecule has 5 rings (SSSR count). The summed E-state index contributed by atoms with van der Waals surface area (Å²) in [5.74, 6) is 0. The monoisotopic (exact) mass is 344 g/mol. The predicted molar refractivity (Wildman–Crippen MR) is 117 cm³/mol. The lowest BCUT2D eigenvalue weighted by molar-refractivity contribution is 1.46. The first-order chi connectivity index (χ1) is 13.3. The van der Waals surface area contributed by atoms with Crippen LogP contribution in [0, 0.1) is 6.92 Å². The minimum absolute atomic E-state index is 1.26. The summed E-state index contributed by atoms with van der Waals surface area (Å²) >= 11 is 0. The van der Waals surface area contributed by atoms with Crippen LogP contribution in [0.2, 0.25) is 0 Å². The molecule has 0 saturated carbocycles. The molecule has 0 spiro atoms. The van der Waals surface area contributed by atoms with Crippen LogP contribution in [-0.4, -0.2) is 0 Å². The van der Waals surface area contributed by atoms with E-state index < -0.39 is 0 Å². The van der Waals surface area contributed by atoms with E-state index in [0.29, 0.717) is 0 Å². The van der Waals surface area contributed by atoms with Gasteiger partial charge in [0.05, 0.1) is 0 Å². The number of fused-ring (bicyclic) bond motifs is 3. The van der Waals surface area contributed by atoms with Gasteiger partial charge in [-0.25, -0.2) is 0 Å². The van der Waals surface area contributed by atoms with E-state index in [1.165, 1.54) is 49.4 Å². The molecule has 128 valence electrons. The van der Waals surface area contributed by atoms with E-state index in [4.69, 9.17) is 0 Å². The van der Waals surface area contributed by atoms with Gasteiger partial charge >= 0.3 is 0 Å². The Hall–Kier alpha value is -3.38. The van der Waals surface area contributed by atoms with Crippen LogP contribution < -0.4 is 0 Å². The fourth-order valence-corrected chi connectivity index (χ4v) is 4.03. The molecule has 0 amide bonds. The summed E-state index contributed by atoms with van der Waals surface area (Å²) in [5.41, 5.74) is 6.41. The zero-order chi connectivity index (χ0) is 18.2. The standard InChI is InChI=1S/C27H20/c1-19-15-16-25(26(17-19)20-9-3-2-4-10-20)27-18-21-11-5-6-12-22(21)23-13-7-8-14-24(23)27/h2-18H,1H3. The number of benzene rings is 5. The van der Waals surface area contributed by atoms with Crippen molar-refractivity contribution >= 4 is 21.5 Å². The molecule has 0 aliphatic carbocycles. The molecule has 27 heavy (non-hydrogen) atoms. The van der Waals surface area contributed by atoms with E-state index in [1.807, 2.05) is 0 Å². The molecular formula is C27H20. The van der Waals surface area contributed by atoms with Crippen LogP contribution in [-0.2, 0) is 0 Å². The van der Waals surface area contributed by atoms with Gasteiger partial charge in [0.1, 0.15) is 0 Å². The quantitative estimate of drug-likeness (QED) is 0.289. The highest BCUT2D eigenvalue weighted by Crippen LogP contribution is 2.39. The lowest BCUT2D eigenvalue weighted by atomic mass is 9.88. The highest BCUT2D eigenvalue weighted by atomic mass is 14.2. The summed E-state index contributed by atoms with van der Waals surface area (Å²) in [6.07, 6.45) is 0. The molecule has 0 aliphatic heterocycles. The molecule has 0 aliphatic rings. The highest BCUT2D eigenvalue weighted by molar-refractivity contribution is 6.14. The van der Waals surface area contributed by atoms with Crippen LogP contribution in [0.4, 0.5) is 0 Å². The van der Waals surface area contributed by atoms with Gasteiger partial charge in [-0.05, 0) is 56.8 Å². The average molecular weight is 344 g/mol. The topological polar surface area (TPSA) is 0 Å². The zero-order valence-electron chi connectivity index (χ0n) is 15.3. The fourth-order valence-electron chi connectivity index (χ4n) is 4.03. The summed E-state index contributed by atoms with van der Waals surface area (Å²) in [5, 5.41) is 5.21. The van der Waals surface area contributed by atoms with Crippen LogP contribution in [0.3, 0.4) is 0 Å². The Morgan fingerprint density at radius 1 is 0.444 bits per heavy atom. The van der Waals surface area contributed by atoms with Gasteiger partial charge in [-0.15, -0.1) is 0 Å². The summed E-state index contributed by atoms with van der Waals surface area (Å²) in [4.78, 5) is 0. The van der Waals surface area contributed by atoms with E-state index in [1.54, 1.807) is 0 Å². The Morgan fingerprint density at radius 2 is 1.11 bits per heavy atom. The van der Waals surface area contributed by atoms with Gasteiger partial charge in [0, 0.05) is 0 Å². The van der Waals surface area contributed by atoms with E-state index >= 15 is 0 Å². The Balaban J connectivity index is 1.89. The van der Waals surface area contributed by atoms with Crippen LogP contribution in [0.15, 0.2) is 103 Å². The third-order valence-electron chi connectivity index (χ3n) is 5.32. The van der Waals surface area contributed by atoms with Crippen molar-refractivity contribution in [3.8, 4) is 22.3 Å². The maximum absolute atomic E-state index is 2.34. The molecule has 5 aromatic carbocycles. The van der Waals surface area contributed by atoms with Gasteiger partial charge in [-0.1, -0.05) is 103 Å². The summed E-state index contributed by atoms with van der Waals surface area (Å²) in [7, 11) is 0. The number of hydrogen-bond donors (Lipinski definition) is 0. The highest BCUT2D eigenvalue weighted by Gasteiger charge is 2.12. The molecule has 0 nitrogen and oxygen atoms in total. The number of rotatable bonds is 2. The lowest BCUT2D eigenvalue weighted by Crippen LogP contribution is -1.89. The van der Waals surface area contributed by atoms with E-state index in [0.717, 1.165) is 0 Å². The van der Waals surface area contributed by atoms with Crippen LogP contribution in [0.1, 0.15) is 5.56 Å². The van der Waals surface area contributed by atoms with Gasteiger partial charge in [-0.3, -0.25) is 0 Å². The van der Waals surface area contributed by atoms with Crippen LogP contribution in [0.25, 0.3) is 43.8 Å². The maximum atomic E-state index is 2.34. The largest absolute Gasteiger partial charge is 0.0622 e. The minimum atomic E-state index is 1.26. The van der Waals surface area contributed by atoms with Crippen molar-refractivity contribution in [1.29, 1.82) is 0 Å². The minimum Gasteiger partial charge on any atom is -0.0622 e. The molecule has 0 fully saturated rings. The van der Waals surface area contributed by atoms with Crippen molar-refractivity contribution in [1.82, 2.24) is 0 Å². The van der Waals surface area contributed by atoms with Crippen molar-refractivity contribution in [3.05, 3.63) is 109 Å². The molecule has 0 radical (unpaired) electrons. The van der Waals surface area contributed by atoms with Crippen LogP contribution in [0.5, 0.6) is 0 Å². The molecule has 0 heterocycles. The van der Waals surface area contributed by atoms with Crippen molar-refractivity contribution in [2.75, 3.05) is 0 Å². The number of aryl methyl sites for hydroxylation is 1. The van der Waals surface area contributed by atoms with E-state index in [2.05, 4.69) is 110 Å². The van der Waals surface area contributed by atoms with Gasteiger partial charge in [0.15, 0.2) is 0 Å². The Bertz CT molecular complexity index is 1260. The first kappa shape index (κ1) is 15.8. The molecule has 0 N–H and O–H groups in total. The van der Waals surface area contributed by atoms with Gasteiger partial charge in [-0.2, -0.15) is 0 Å². The first-order valence-corrected chi connectivity index (χ1v) is 9.38. The smallest absolute Gasteiger partial charge is 0.00928 e. The molecule has 0 aromatic heterocycles. The second kappa shape index (κ2) is 6.41. The normalized spacial score (nSPS) is 11.1. The second-order valence-electron chi connectivity index (χ2n) is 7.11. The Kier molecular flexibility index (Phi) is 3.76. The molecule has 0 unspecified atom stereocenters. The van der Waals surface area contributed by atoms with Crippen molar-refractivity contribution in [2.24, 2.45) is 0 Å². The van der Waals surface area contributed by atoms with E-state index in [-0.39, 0.29) is 0 Å². The zero-order valence-corrected chi connectivity index (χ0v) is 15.3. The summed E-state index contributed by atoms with van der Waals surface area (Å²) < 4.78 is 0. The van der Waals surface area contributed by atoms with Crippen molar-refractivity contribution in [2.45, 2.75) is 6.92 Å². The Labute approximate surface area is 159 Å². The van der Waals surface area contributed by atoms with E-state index in [9.17, 15) is 0 Å². The SMILES string of the molecule is Cc1ccc(-c2cc3ccccc3c3ccccc23)c(-c2ccccc2)c1.